The Bertz CT molecular complexity index is 326. The first-order valence-corrected chi connectivity index (χ1v) is 5.24. The maximum atomic E-state index is 2.20. The molecule has 0 bridgehead atoms. The van der Waals surface area contributed by atoms with Gasteiger partial charge in [0.1, 0.15) is 0 Å². The number of fused-ring (bicyclic) bond motifs is 1. The van der Waals surface area contributed by atoms with Crippen molar-refractivity contribution in [1.29, 1.82) is 0 Å². The molecule has 2 rings (SSSR count). The highest BCUT2D eigenvalue weighted by Crippen LogP contribution is 2.21. The van der Waals surface area contributed by atoms with Gasteiger partial charge in [-0.1, -0.05) is 32.0 Å². The normalized spacial score (nSPS) is 13.0. The second kappa shape index (κ2) is 4.85. The van der Waals surface area contributed by atoms with Crippen LogP contribution in [0.25, 0.3) is 6.08 Å². The Hall–Kier alpha value is -1.24. The summed E-state index contributed by atoms with van der Waals surface area (Å²) < 4.78 is 0. The monoisotopic (exact) mass is 189 g/mol. The Morgan fingerprint density at radius 2 is 1.93 bits per heavy atom. The smallest absolute Gasteiger partial charge is 0.0426 e. The minimum Gasteiger partial charge on any atom is -0.376 e. The molecule has 0 fully saturated rings. The van der Waals surface area contributed by atoms with Gasteiger partial charge in [-0.3, -0.25) is 0 Å². The summed E-state index contributed by atoms with van der Waals surface area (Å²) in [4.78, 5) is 2.20. The second-order valence-corrected chi connectivity index (χ2v) is 3.38. The van der Waals surface area contributed by atoms with Gasteiger partial charge in [-0.05, 0) is 35.9 Å². The number of rotatable bonds is 0. The van der Waals surface area contributed by atoms with Gasteiger partial charge < -0.3 is 4.90 Å². The Morgan fingerprint density at radius 1 is 1.21 bits per heavy atom. The lowest BCUT2D eigenvalue weighted by atomic mass is 10.00. The van der Waals surface area contributed by atoms with Gasteiger partial charge in [0.15, 0.2) is 0 Å². The van der Waals surface area contributed by atoms with Crippen LogP contribution in [0.3, 0.4) is 0 Å². The highest BCUT2D eigenvalue weighted by Gasteiger charge is 2.07. The Kier molecular flexibility index (Phi) is 3.75. The van der Waals surface area contributed by atoms with Gasteiger partial charge in [0, 0.05) is 13.6 Å². The molecule has 1 aliphatic heterocycles. The summed E-state index contributed by atoms with van der Waals surface area (Å²) in [6, 6.07) is 6.48. The van der Waals surface area contributed by atoms with E-state index in [0.717, 1.165) is 6.54 Å². The Balaban J connectivity index is 0.000000461. The molecule has 1 aromatic carbocycles. The highest BCUT2D eigenvalue weighted by atomic mass is 15.1. The van der Waals surface area contributed by atoms with Crippen molar-refractivity contribution in [3.63, 3.8) is 0 Å². The third-order valence-electron chi connectivity index (χ3n) is 2.33. The number of nitrogens with zero attached hydrogens (tertiary/aromatic N) is 1. The molecule has 1 nitrogen and oxygen atoms in total. The molecule has 1 aromatic rings. The summed E-state index contributed by atoms with van der Waals surface area (Å²) >= 11 is 0. The summed E-state index contributed by atoms with van der Waals surface area (Å²) in [6.45, 7) is 7.20. The zero-order chi connectivity index (χ0) is 10.6. The van der Waals surface area contributed by atoms with E-state index in [4.69, 9.17) is 0 Å². The molecule has 0 aliphatic carbocycles. The van der Waals surface area contributed by atoms with E-state index in [0.29, 0.717) is 0 Å². The van der Waals surface area contributed by atoms with Crippen LogP contribution < -0.4 is 0 Å². The van der Waals surface area contributed by atoms with Crippen molar-refractivity contribution in [2.45, 2.75) is 27.3 Å². The SMILES string of the molecule is CC.Cc1cccc2c1C=CN(C)C2. The standard InChI is InChI=1S/C11H13N.C2H6/c1-9-4-3-5-10-8-12(2)7-6-11(9)10;1-2/h3-7H,8H2,1-2H3;1-2H3. The van der Waals surface area contributed by atoms with Gasteiger partial charge in [-0.2, -0.15) is 0 Å². The lowest BCUT2D eigenvalue weighted by Crippen LogP contribution is -2.14. The van der Waals surface area contributed by atoms with E-state index >= 15 is 0 Å². The topological polar surface area (TPSA) is 3.24 Å². The molecule has 0 saturated heterocycles. The van der Waals surface area contributed by atoms with E-state index in [2.05, 4.69) is 49.3 Å². The highest BCUT2D eigenvalue weighted by molar-refractivity contribution is 5.59. The van der Waals surface area contributed by atoms with Crippen LogP contribution in [0.4, 0.5) is 0 Å². The average Bonchev–Trinajstić information content (AvgIpc) is 2.21. The molecule has 0 saturated carbocycles. The van der Waals surface area contributed by atoms with Crippen molar-refractivity contribution < 1.29 is 0 Å². The molecule has 1 heterocycles. The lowest BCUT2D eigenvalue weighted by Gasteiger charge is -2.21. The Morgan fingerprint density at radius 3 is 2.64 bits per heavy atom. The van der Waals surface area contributed by atoms with Crippen LogP contribution in [0.2, 0.25) is 0 Å². The van der Waals surface area contributed by atoms with E-state index in [-0.39, 0.29) is 0 Å². The molecule has 76 valence electrons. The Labute approximate surface area is 87.1 Å². The molecular weight excluding hydrogens is 170 g/mol. The lowest BCUT2D eigenvalue weighted by molar-refractivity contribution is 0.447. The fourth-order valence-electron chi connectivity index (χ4n) is 1.64. The zero-order valence-corrected chi connectivity index (χ0v) is 9.54. The molecule has 14 heavy (non-hydrogen) atoms. The molecule has 0 spiro atoms. The van der Waals surface area contributed by atoms with Crippen molar-refractivity contribution in [3.05, 3.63) is 41.1 Å². The summed E-state index contributed by atoms with van der Waals surface area (Å²) in [5.41, 5.74) is 4.20. The third-order valence-corrected chi connectivity index (χ3v) is 2.33. The molecule has 1 heteroatoms. The fourth-order valence-corrected chi connectivity index (χ4v) is 1.64. The van der Waals surface area contributed by atoms with Gasteiger partial charge in [0.2, 0.25) is 0 Å². The minimum absolute atomic E-state index is 1.04. The van der Waals surface area contributed by atoms with Gasteiger partial charge in [0.25, 0.3) is 0 Å². The van der Waals surface area contributed by atoms with Crippen LogP contribution in [0.5, 0.6) is 0 Å². The van der Waals surface area contributed by atoms with E-state index in [9.17, 15) is 0 Å². The quantitative estimate of drug-likeness (QED) is 0.604. The van der Waals surface area contributed by atoms with Crippen LogP contribution in [0.1, 0.15) is 30.5 Å². The molecule has 0 N–H and O–H groups in total. The molecule has 0 atom stereocenters. The number of hydrogen-bond donors (Lipinski definition) is 0. The number of hydrogen-bond acceptors (Lipinski definition) is 1. The zero-order valence-electron chi connectivity index (χ0n) is 9.54. The summed E-state index contributed by atoms with van der Waals surface area (Å²) in [5.74, 6) is 0. The van der Waals surface area contributed by atoms with E-state index in [1.165, 1.54) is 16.7 Å². The average molecular weight is 189 g/mol. The van der Waals surface area contributed by atoms with Crippen LogP contribution in [-0.2, 0) is 6.54 Å². The van der Waals surface area contributed by atoms with Crippen molar-refractivity contribution in [2.75, 3.05) is 7.05 Å². The molecular formula is C13H19N. The van der Waals surface area contributed by atoms with E-state index < -0.39 is 0 Å². The van der Waals surface area contributed by atoms with Crippen molar-refractivity contribution in [1.82, 2.24) is 4.90 Å². The molecule has 0 amide bonds. The van der Waals surface area contributed by atoms with Crippen LogP contribution in [0, 0.1) is 6.92 Å². The van der Waals surface area contributed by atoms with E-state index in [1.807, 2.05) is 13.8 Å². The number of benzene rings is 1. The van der Waals surface area contributed by atoms with Crippen LogP contribution in [-0.4, -0.2) is 11.9 Å². The summed E-state index contributed by atoms with van der Waals surface area (Å²) in [5, 5.41) is 0. The first-order chi connectivity index (χ1) is 6.77. The van der Waals surface area contributed by atoms with Crippen LogP contribution in [0.15, 0.2) is 24.4 Å². The van der Waals surface area contributed by atoms with Gasteiger partial charge >= 0.3 is 0 Å². The molecule has 1 aliphatic rings. The largest absolute Gasteiger partial charge is 0.376 e. The number of aryl methyl sites for hydroxylation is 1. The fraction of sp³-hybridized carbons (Fsp3) is 0.385. The van der Waals surface area contributed by atoms with Gasteiger partial charge in [-0.15, -0.1) is 0 Å². The van der Waals surface area contributed by atoms with Crippen LogP contribution >= 0.6 is 0 Å². The predicted molar refractivity (Wildman–Crippen MR) is 63.0 cm³/mol. The van der Waals surface area contributed by atoms with Crippen molar-refractivity contribution in [3.8, 4) is 0 Å². The minimum atomic E-state index is 1.04. The first-order valence-electron chi connectivity index (χ1n) is 5.24. The van der Waals surface area contributed by atoms with Crippen molar-refractivity contribution in [2.24, 2.45) is 0 Å². The second-order valence-electron chi connectivity index (χ2n) is 3.38. The first kappa shape index (κ1) is 10.8. The maximum absolute atomic E-state index is 2.20. The van der Waals surface area contributed by atoms with Gasteiger partial charge in [0.05, 0.1) is 0 Å². The van der Waals surface area contributed by atoms with E-state index in [1.54, 1.807) is 0 Å². The summed E-state index contributed by atoms with van der Waals surface area (Å²) in [7, 11) is 2.10. The summed E-state index contributed by atoms with van der Waals surface area (Å²) in [6.07, 6.45) is 4.32. The predicted octanol–water partition coefficient (Wildman–Crippen LogP) is 3.44. The van der Waals surface area contributed by atoms with Gasteiger partial charge in [-0.25, -0.2) is 0 Å². The van der Waals surface area contributed by atoms with Crippen molar-refractivity contribution >= 4 is 6.08 Å². The molecule has 0 radical (unpaired) electrons. The molecule has 0 aromatic heterocycles. The maximum Gasteiger partial charge on any atom is 0.0426 e. The molecule has 0 unspecified atom stereocenters. The third kappa shape index (κ3) is 2.16.